The number of carbonyl (C=O) groups is 1. The van der Waals surface area contributed by atoms with Crippen LogP contribution in [0.1, 0.15) is 12.0 Å². The lowest BCUT2D eigenvalue weighted by molar-refractivity contribution is -0.121. The summed E-state index contributed by atoms with van der Waals surface area (Å²) in [4.78, 5) is 33.3. The number of aromatic nitrogens is 4. The van der Waals surface area contributed by atoms with E-state index in [-0.39, 0.29) is 24.4 Å². The smallest absolute Gasteiger partial charge is 0.276 e. The first-order valence-corrected chi connectivity index (χ1v) is 8.34. The van der Waals surface area contributed by atoms with Crippen LogP contribution in [0.2, 0.25) is 0 Å². The first-order chi connectivity index (χ1) is 12.7. The highest BCUT2D eigenvalue weighted by molar-refractivity contribution is 5.77. The highest BCUT2D eigenvalue weighted by Gasteiger charge is 2.12. The standard InChI is InChI=1S/C19H17N5O2/c25-17(22-13-14-4-1-8-20-12-14)7-11-24-18-15(5-2-9-21-18)23-10-3-6-16(23)19(24)26/h1-6,8-10,12H,7,11,13H2,(H,22,25). The highest BCUT2D eigenvalue weighted by atomic mass is 16.2. The van der Waals surface area contributed by atoms with E-state index in [1.165, 1.54) is 0 Å². The number of nitrogens with zero attached hydrogens (tertiary/aromatic N) is 4. The number of amides is 1. The minimum Gasteiger partial charge on any atom is -0.352 e. The van der Waals surface area contributed by atoms with Crippen LogP contribution in [0.5, 0.6) is 0 Å². The van der Waals surface area contributed by atoms with Crippen LogP contribution in [0, 0.1) is 0 Å². The fourth-order valence-corrected chi connectivity index (χ4v) is 3.00. The molecule has 0 unspecified atom stereocenters. The maximum Gasteiger partial charge on any atom is 0.276 e. The first kappa shape index (κ1) is 16.0. The molecule has 0 fully saturated rings. The molecule has 26 heavy (non-hydrogen) atoms. The van der Waals surface area contributed by atoms with Gasteiger partial charge in [0.05, 0.1) is 5.52 Å². The fraction of sp³-hybridized carbons (Fsp3) is 0.158. The molecule has 0 saturated heterocycles. The largest absolute Gasteiger partial charge is 0.352 e. The molecule has 0 bridgehead atoms. The van der Waals surface area contributed by atoms with E-state index < -0.39 is 0 Å². The number of nitrogens with one attached hydrogen (secondary N) is 1. The number of hydrogen-bond acceptors (Lipinski definition) is 4. The summed E-state index contributed by atoms with van der Waals surface area (Å²) in [5.41, 5.74) is 2.76. The van der Waals surface area contributed by atoms with E-state index in [2.05, 4.69) is 15.3 Å². The average molecular weight is 347 g/mol. The zero-order chi connectivity index (χ0) is 17.9. The van der Waals surface area contributed by atoms with Gasteiger partial charge in [0.1, 0.15) is 5.52 Å². The second kappa shape index (κ2) is 6.79. The van der Waals surface area contributed by atoms with Gasteiger partial charge >= 0.3 is 0 Å². The summed E-state index contributed by atoms with van der Waals surface area (Å²) in [5, 5.41) is 2.85. The predicted molar refractivity (Wildman–Crippen MR) is 97.7 cm³/mol. The van der Waals surface area contributed by atoms with Crippen LogP contribution in [0.25, 0.3) is 16.7 Å². The average Bonchev–Trinajstić information content (AvgIpc) is 3.17. The summed E-state index contributed by atoms with van der Waals surface area (Å²) in [7, 11) is 0. The van der Waals surface area contributed by atoms with E-state index in [9.17, 15) is 9.59 Å². The van der Waals surface area contributed by atoms with Gasteiger partial charge in [-0.2, -0.15) is 0 Å². The molecule has 7 heteroatoms. The Balaban J connectivity index is 1.56. The molecule has 130 valence electrons. The molecule has 4 rings (SSSR count). The maximum atomic E-state index is 12.8. The topological polar surface area (TPSA) is 81.3 Å². The molecule has 1 N–H and O–H groups in total. The first-order valence-electron chi connectivity index (χ1n) is 8.34. The van der Waals surface area contributed by atoms with Gasteiger partial charge in [-0.3, -0.25) is 19.1 Å². The molecule has 0 aromatic carbocycles. The molecule has 4 aromatic heterocycles. The Labute approximate surface area is 148 Å². The van der Waals surface area contributed by atoms with Gasteiger partial charge in [0.25, 0.3) is 5.56 Å². The van der Waals surface area contributed by atoms with Crippen molar-refractivity contribution in [2.24, 2.45) is 0 Å². The molecular formula is C19H17N5O2. The van der Waals surface area contributed by atoms with Gasteiger partial charge in [-0.25, -0.2) is 4.98 Å². The van der Waals surface area contributed by atoms with Gasteiger partial charge in [-0.15, -0.1) is 0 Å². The van der Waals surface area contributed by atoms with Gasteiger partial charge in [-0.1, -0.05) is 6.07 Å². The number of hydrogen-bond donors (Lipinski definition) is 1. The van der Waals surface area contributed by atoms with E-state index in [4.69, 9.17) is 0 Å². The fourth-order valence-electron chi connectivity index (χ4n) is 3.00. The normalized spacial score (nSPS) is 11.1. The van der Waals surface area contributed by atoms with Gasteiger partial charge in [0, 0.05) is 44.3 Å². The van der Waals surface area contributed by atoms with Crippen molar-refractivity contribution >= 4 is 22.6 Å². The highest BCUT2D eigenvalue weighted by Crippen LogP contribution is 2.13. The Hall–Kier alpha value is -3.48. The third-order valence-corrected chi connectivity index (χ3v) is 4.27. The van der Waals surface area contributed by atoms with Gasteiger partial charge in [0.2, 0.25) is 5.91 Å². The third kappa shape index (κ3) is 2.95. The Morgan fingerprint density at radius 1 is 1.08 bits per heavy atom. The molecule has 7 nitrogen and oxygen atoms in total. The van der Waals surface area contributed by atoms with Crippen LogP contribution >= 0.6 is 0 Å². The van der Waals surface area contributed by atoms with Crippen molar-refractivity contribution in [1.29, 1.82) is 0 Å². The van der Waals surface area contributed by atoms with E-state index >= 15 is 0 Å². The van der Waals surface area contributed by atoms with Crippen molar-refractivity contribution < 1.29 is 4.79 Å². The van der Waals surface area contributed by atoms with E-state index in [0.29, 0.717) is 17.7 Å². The molecule has 0 saturated carbocycles. The molecular weight excluding hydrogens is 330 g/mol. The van der Waals surface area contributed by atoms with Crippen LogP contribution in [0.15, 0.2) is 66.0 Å². The Bertz CT molecular complexity index is 1130. The molecule has 0 radical (unpaired) electrons. The number of aryl methyl sites for hydroxylation is 1. The van der Waals surface area contributed by atoms with E-state index in [1.807, 2.05) is 40.9 Å². The monoisotopic (exact) mass is 347 g/mol. The van der Waals surface area contributed by atoms with Gasteiger partial charge < -0.3 is 9.72 Å². The van der Waals surface area contributed by atoms with Crippen LogP contribution in [-0.2, 0) is 17.9 Å². The van der Waals surface area contributed by atoms with Gasteiger partial charge in [0.15, 0.2) is 5.65 Å². The second-order valence-corrected chi connectivity index (χ2v) is 5.95. The number of fused-ring (bicyclic) bond motifs is 3. The molecule has 0 spiro atoms. The van der Waals surface area contributed by atoms with Gasteiger partial charge in [-0.05, 0) is 35.9 Å². The predicted octanol–water partition coefficient (Wildman–Crippen LogP) is 1.75. The van der Waals surface area contributed by atoms with Crippen LogP contribution in [0.4, 0.5) is 0 Å². The van der Waals surface area contributed by atoms with Crippen LogP contribution < -0.4 is 10.9 Å². The number of carbonyl (C=O) groups excluding carboxylic acids is 1. The summed E-state index contributed by atoms with van der Waals surface area (Å²) >= 11 is 0. The lowest BCUT2D eigenvalue weighted by Gasteiger charge is -2.11. The number of rotatable bonds is 5. The zero-order valence-corrected chi connectivity index (χ0v) is 14.0. The van der Waals surface area contributed by atoms with Crippen molar-refractivity contribution in [1.82, 2.24) is 24.3 Å². The van der Waals surface area contributed by atoms with Crippen molar-refractivity contribution in [2.75, 3.05) is 0 Å². The third-order valence-electron chi connectivity index (χ3n) is 4.27. The van der Waals surface area contributed by atoms with Crippen molar-refractivity contribution in [3.05, 3.63) is 77.1 Å². The maximum absolute atomic E-state index is 12.8. The lowest BCUT2D eigenvalue weighted by atomic mass is 10.3. The summed E-state index contributed by atoms with van der Waals surface area (Å²) in [5.74, 6) is -0.125. The van der Waals surface area contributed by atoms with E-state index in [1.54, 1.807) is 29.2 Å². The van der Waals surface area contributed by atoms with Crippen molar-refractivity contribution in [3.8, 4) is 0 Å². The molecule has 4 heterocycles. The molecule has 1 amide bonds. The summed E-state index contributed by atoms with van der Waals surface area (Å²) in [6.45, 7) is 0.686. The minimum absolute atomic E-state index is 0.125. The Kier molecular flexibility index (Phi) is 4.18. The molecule has 0 atom stereocenters. The summed E-state index contributed by atoms with van der Waals surface area (Å²) in [6.07, 6.45) is 7.08. The second-order valence-electron chi connectivity index (χ2n) is 5.95. The Morgan fingerprint density at radius 2 is 1.92 bits per heavy atom. The Morgan fingerprint density at radius 3 is 2.77 bits per heavy atom. The zero-order valence-electron chi connectivity index (χ0n) is 14.0. The molecule has 0 aliphatic heterocycles. The quantitative estimate of drug-likeness (QED) is 0.596. The lowest BCUT2D eigenvalue weighted by Crippen LogP contribution is -2.28. The molecule has 4 aromatic rings. The molecule has 0 aliphatic carbocycles. The molecule has 0 aliphatic rings. The minimum atomic E-state index is -0.152. The van der Waals surface area contributed by atoms with Crippen molar-refractivity contribution in [2.45, 2.75) is 19.5 Å². The SMILES string of the molecule is O=C(CCn1c(=O)c2cccn2c2cccnc21)NCc1cccnc1. The van der Waals surface area contributed by atoms with E-state index in [0.717, 1.165) is 11.1 Å². The summed E-state index contributed by atoms with van der Waals surface area (Å²) < 4.78 is 3.39. The van der Waals surface area contributed by atoms with Crippen LogP contribution in [0.3, 0.4) is 0 Å². The van der Waals surface area contributed by atoms with Crippen molar-refractivity contribution in [3.63, 3.8) is 0 Å². The summed E-state index contributed by atoms with van der Waals surface area (Å²) in [6, 6.07) is 11.1. The van der Waals surface area contributed by atoms with Crippen LogP contribution in [-0.4, -0.2) is 24.8 Å². The number of pyridine rings is 2.